The number of fused-ring (bicyclic) bond motifs is 1. The third kappa shape index (κ3) is 4.27. The van der Waals surface area contributed by atoms with Crippen LogP contribution in [0.25, 0.3) is 11.5 Å². The van der Waals surface area contributed by atoms with Crippen molar-refractivity contribution < 1.29 is 9.59 Å². The quantitative estimate of drug-likeness (QED) is 0.651. The molecule has 1 aliphatic rings. The van der Waals surface area contributed by atoms with E-state index in [1.807, 2.05) is 20.8 Å². The maximum Gasteiger partial charge on any atom is 0.275 e. The van der Waals surface area contributed by atoms with Crippen molar-refractivity contribution in [1.29, 1.82) is 0 Å². The Bertz CT molecular complexity index is 1120. The first kappa shape index (κ1) is 20.6. The van der Waals surface area contributed by atoms with Gasteiger partial charge in [0.1, 0.15) is 17.2 Å². The minimum Gasteiger partial charge on any atom is -0.334 e. The Labute approximate surface area is 179 Å². The van der Waals surface area contributed by atoms with Gasteiger partial charge in [-0.15, -0.1) is 5.10 Å². The van der Waals surface area contributed by atoms with Gasteiger partial charge in [0, 0.05) is 25.7 Å². The molecular formula is C21H24N8O2. The van der Waals surface area contributed by atoms with E-state index in [9.17, 15) is 9.59 Å². The Kier molecular flexibility index (Phi) is 5.70. The van der Waals surface area contributed by atoms with Crippen molar-refractivity contribution in [2.75, 3.05) is 5.32 Å². The third-order valence-corrected chi connectivity index (χ3v) is 5.06. The smallest absolute Gasteiger partial charge is 0.275 e. The SMILES string of the molecule is CCCC(=O)N1Cc2cnc(C(=O)Nc3cccc(-c4nnnn4C(C)C)n3)cc2C1. The summed E-state index contributed by atoms with van der Waals surface area (Å²) in [6.45, 7) is 6.97. The zero-order chi connectivity index (χ0) is 22.0. The standard InChI is InChI=1S/C21H24N8O2/c1-4-6-19(30)28-11-14-9-17(22-10-15(14)12-28)21(31)24-18-8-5-7-16(23-18)20-25-26-27-29(20)13(2)3/h5,7-10,13H,4,6,11-12H2,1-3H3,(H,23,24,31). The lowest BCUT2D eigenvalue weighted by Gasteiger charge is -2.14. The molecule has 3 aromatic rings. The average molecular weight is 420 g/mol. The van der Waals surface area contributed by atoms with E-state index >= 15 is 0 Å². The summed E-state index contributed by atoms with van der Waals surface area (Å²) in [6, 6.07) is 7.08. The summed E-state index contributed by atoms with van der Waals surface area (Å²) in [4.78, 5) is 35.5. The molecule has 0 unspecified atom stereocenters. The molecule has 10 heteroatoms. The average Bonchev–Trinajstić information content (AvgIpc) is 3.41. The fourth-order valence-corrected chi connectivity index (χ4v) is 3.47. The van der Waals surface area contributed by atoms with Gasteiger partial charge < -0.3 is 10.2 Å². The number of rotatable bonds is 6. The van der Waals surface area contributed by atoms with Crippen molar-refractivity contribution in [2.24, 2.45) is 0 Å². The number of tetrazole rings is 1. The largest absolute Gasteiger partial charge is 0.334 e. The second-order valence-corrected chi connectivity index (χ2v) is 7.74. The molecule has 1 aliphatic heterocycles. The number of hydrogen-bond donors (Lipinski definition) is 1. The van der Waals surface area contributed by atoms with E-state index in [-0.39, 0.29) is 23.6 Å². The zero-order valence-corrected chi connectivity index (χ0v) is 17.7. The van der Waals surface area contributed by atoms with Crippen LogP contribution in [-0.2, 0) is 17.9 Å². The lowest BCUT2D eigenvalue weighted by Crippen LogP contribution is -2.24. The molecular weight excluding hydrogens is 396 g/mol. The molecule has 1 N–H and O–H groups in total. The van der Waals surface area contributed by atoms with Crippen molar-refractivity contribution in [1.82, 2.24) is 35.1 Å². The lowest BCUT2D eigenvalue weighted by molar-refractivity contribution is -0.131. The van der Waals surface area contributed by atoms with Gasteiger partial charge in [-0.25, -0.2) is 9.67 Å². The van der Waals surface area contributed by atoms with Gasteiger partial charge in [-0.1, -0.05) is 13.0 Å². The molecule has 10 nitrogen and oxygen atoms in total. The van der Waals surface area contributed by atoms with Gasteiger partial charge in [-0.3, -0.25) is 14.6 Å². The third-order valence-electron chi connectivity index (χ3n) is 5.06. The summed E-state index contributed by atoms with van der Waals surface area (Å²) < 4.78 is 1.67. The monoisotopic (exact) mass is 420 g/mol. The van der Waals surface area contributed by atoms with Gasteiger partial charge in [0.2, 0.25) is 11.7 Å². The van der Waals surface area contributed by atoms with Crippen LogP contribution in [0.5, 0.6) is 0 Å². The van der Waals surface area contributed by atoms with Crippen LogP contribution in [0.2, 0.25) is 0 Å². The van der Waals surface area contributed by atoms with E-state index in [1.165, 1.54) is 0 Å². The van der Waals surface area contributed by atoms with Gasteiger partial charge in [-0.2, -0.15) is 0 Å². The maximum atomic E-state index is 12.8. The minimum absolute atomic E-state index is 0.0736. The molecule has 0 spiro atoms. The van der Waals surface area contributed by atoms with Gasteiger partial charge in [0.05, 0.1) is 6.04 Å². The Hall–Kier alpha value is -3.69. The highest BCUT2D eigenvalue weighted by molar-refractivity contribution is 6.02. The molecule has 0 bridgehead atoms. The number of aromatic nitrogens is 6. The van der Waals surface area contributed by atoms with Crippen LogP contribution >= 0.6 is 0 Å². The molecule has 2 amide bonds. The molecule has 0 saturated carbocycles. The van der Waals surface area contributed by atoms with E-state index in [4.69, 9.17) is 0 Å². The molecule has 0 aliphatic carbocycles. The Morgan fingerprint density at radius 1 is 1.19 bits per heavy atom. The maximum absolute atomic E-state index is 12.8. The van der Waals surface area contributed by atoms with Crippen LogP contribution in [-0.4, -0.2) is 46.9 Å². The van der Waals surface area contributed by atoms with Crippen molar-refractivity contribution in [3.05, 3.63) is 47.3 Å². The fourth-order valence-electron chi connectivity index (χ4n) is 3.47. The number of nitrogens with zero attached hydrogens (tertiary/aromatic N) is 7. The van der Waals surface area contributed by atoms with Gasteiger partial charge in [0.25, 0.3) is 5.91 Å². The summed E-state index contributed by atoms with van der Waals surface area (Å²) in [5, 5.41) is 14.5. The number of carbonyl (C=O) groups excluding carboxylic acids is 2. The molecule has 0 aromatic carbocycles. The molecule has 4 heterocycles. The lowest BCUT2D eigenvalue weighted by atomic mass is 10.1. The first-order chi connectivity index (χ1) is 15.0. The van der Waals surface area contributed by atoms with Crippen LogP contribution in [0.15, 0.2) is 30.5 Å². The van der Waals surface area contributed by atoms with Crippen LogP contribution < -0.4 is 5.32 Å². The second kappa shape index (κ2) is 8.58. The first-order valence-corrected chi connectivity index (χ1v) is 10.3. The van der Waals surface area contributed by atoms with Gasteiger partial charge >= 0.3 is 0 Å². The summed E-state index contributed by atoms with van der Waals surface area (Å²) >= 11 is 0. The molecule has 3 aromatic heterocycles. The summed E-state index contributed by atoms with van der Waals surface area (Å²) in [5.74, 6) is 0.658. The number of pyridine rings is 2. The predicted octanol–water partition coefficient (Wildman–Crippen LogP) is 2.61. The predicted molar refractivity (Wildman–Crippen MR) is 113 cm³/mol. The van der Waals surface area contributed by atoms with Gasteiger partial charge in [0.15, 0.2) is 0 Å². The van der Waals surface area contributed by atoms with Crippen molar-refractivity contribution in [2.45, 2.75) is 52.7 Å². The zero-order valence-electron chi connectivity index (χ0n) is 17.7. The van der Waals surface area contributed by atoms with E-state index < -0.39 is 0 Å². The van der Waals surface area contributed by atoms with E-state index in [0.717, 1.165) is 17.5 Å². The summed E-state index contributed by atoms with van der Waals surface area (Å²) in [7, 11) is 0. The normalized spacial score (nSPS) is 12.8. The molecule has 0 atom stereocenters. The number of amides is 2. The summed E-state index contributed by atoms with van der Waals surface area (Å²) in [5.41, 5.74) is 2.76. The van der Waals surface area contributed by atoms with E-state index in [0.29, 0.717) is 36.8 Å². The van der Waals surface area contributed by atoms with Crippen molar-refractivity contribution in [3.63, 3.8) is 0 Å². The van der Waals surface area contributed by atoms with Crippen molar-refractivity contribution in [3.8, 4) is 11.5 Å². The first-order valence-electron chi connectivity index (χ1n) is 10.3. The van der Waals surface area contributed by atoms with Crippen LogP contribution in [0.4, 0.5) is 5.82 Å². The van der Waals surface area contributed by atoms with Crippen LogP contribution in [0.1, 0.15) is 61.3 Å². The molecule has 0 saturated heterocycles. The minimum atomic E-state index is -0.366. The van der Waals surface area contributed by atoms with Crippen LogP contribution in [0.3, 0.4) is 0 Å². The van der Waals surface area contributed by atoms with E-state index in [1.54, 1.807) is 40.0 Å². The van der Waals surface area contributed by atoms with Gasteiger partial charge in [-0.05, 0) is 60.0 Å². The highest BCUT2D eigenvalue weighted by atomic mass is 16.2. The molecule has 0 radical (unpaired) electrons. The molecule has 31 heavy (non-hydrogen) atoms. The Morgan fingerprint density at radius 2 is 2.00 bits per heavy atom. The molecule has 4 rings (SSSR count). The summed E-state index contributed by atoms with van der Waals surface area (Å²) in [6.07, 6.45) is 3.01. The molecule has 0 fully saturated rings. The molecule has 160 valence electrons. The number of nitrogens with one attached hydrogen (secondary N) is 1. The van der Waals surface area contributed by atoms with E-state index in [2.05, 4.69) is 30.8 Å². The second-order valence-electron chi connectivity index (χ2n) is 7.74. The number of hydrogen-bond acceptors (Lipinski definition) is 7. The number of carbonyl (C=O) groups is 2. The fraction of sp³-hybridized carbons (Fsp3) is 0.381. The highest BCUT2D eigenvalue weighted by Gasteiger charge is 2.24. The topological polar surface area (TPSA) is 119 Å². The Balaban J connectivity index is 1.50. The number of anilines is 1. The van der Waals surface area contributed by atoms with Crippen molar-refractivity contribution >= 4 is 17.6 Å². The van der Waals surface area contributed by atoms with Crippen LogP contribution in [0, 0.1) is 0 Å². The Morgan fingerprint density at radius 3 is 2.77 bits per heavy atom. The highest BCUT2D eigenvalue weighted by Crippen LogP contribution is 2.24.